The molecule has 5 aromatic carbocycles. The van der Waals surface area contributed by atoms with Gasteiger partial charge in [0.15, 0.2) is 0 Å². The number of fused-ring (bicyclic) bond motifs is 2. The number of hydrogen-bond acceptors (Lipinski definition) is 10. The van der Waals surface area contributed by atoms with Crippen molar-refractivity contribution in [1.29, 1.82) is 0 Å². The lowest BCUT2D eigenvalue weighted by Crippen LogP contribution is -2.48. The molecule has 1 atom stereocenters. The summed E-state index contributed by atoms with van der Waals surface area (Å²) in [5, 5.41) is 18.8. The van der Waals surface area contributed by atoms with E-state index in [0.717, 1.165) is 35.2 Å². The molecule has 0 aliphatic carbocycles. The maximum atomic E-state index is 11.1. The number of benzene rings is 5. The van der Waals surface area contributed by atoms with Crippen molar-refractivity contribution >= 4 is 56.2 Å². The van der Waals surface area contributed by atoms with Gasteiger partial charge in [0.2, 0.25) is 0 Å². The van der Waals surface area contributed by atoms with Crippen LogP contribution in [0.3, 0.4) is 0 Å². The Bertz CT molecular complexity index is 2390. The molecule has 0 aliphatic rings. The van der Waals surface area contributed by atoms with E-state index in [9.17, 15) is 28.8 Å². The number of likely N-dealkylation sites (N-methyl/N-ethyl adjacent to an activating group) is 2. The van der Waals surface area contributed by atoms with Crippen molar-refractivity contribution in [2.75, 3.05) is 20.7 Å². The highest BCUT2D eigenvalue weighted by atomic mass is 16.3. The number of Topliss-reactive ketones (excluding diaryl/α,β-unsaturated/α-hetero) is 6. The second kappa shape index (κ2) is 33.2. The van der Waals surface area contributed by atoms with Gasteiger partial charge >= 0.3 is 0 Å². The SMILES string of the molecule is CC(=O)CCO.CC(=O)Cc1ccc2ccccc2c1.CC(=O)Cc1cccc2ccccc12.CC(=O)Cc1ccccc1.CCC(CC)(NC)C(C)=O.CN[C@@H](Cc1ccccn1)C(C)=O. The minimum atomic E-state index is -0.264. The molecule has 1 heterocycles. The molecule has 10 heteroatoms. The van der Waals surface area contributed by atoms with E-state index in [1.807, 2.05) is 112 Å². The van der Waals surface area contributed by atoms with Crippen LogP contribution in [0.2, 0.25) is 0 Å². The fourth-order valence-corrected chi connectivity index (χ4v) is 6.85. The second-order valence-corrected chi connectivity index (χ2v) is 16.2. The summed E-state index contributed by atoms with van der Waals surface area (Å²) in [7, 11) is 3.63. The number of ketones is 6. The molecule has 10 nitrogen and oxygen atoms in total. The Morgan fingerprint density at radius 3 is 1.57 bits per heavy atom. The standard InChI is InChI=1S/2C13H12O.C10H14N2O.C9H10O.C8H17NO.C4H8O2/c1-10(14)9-12-7-4-6-11-5-2-3-8-13(11)12;1-10(14)8-11-6-7-12-4-2-3-5-13(12)9-11;1-8(13)10(11-2)7-9-5-3-4-6-12-9;1-8(10)7-9-5-3-2-4-6-9;1-5-8(6-2,9-4)7(3)10;1-4(6)2-3-5/h2-8H,9H2,1H3;2-7,9H,8H2,1H3;3-6,10-11H,7H2,1-2H3;2-6H,7H2,1H3;9H,5-6H2,1-4H3;5H,2-3H2,1H3/t;;10-;;;/m..0.../s1. The molecule has 0 fully saturated rings. The van der Waals surface area contributed by atoms with Gasteiger partial charge in [-0.3, -0.25) is 33.8 Å². The number of aliphatic hydroxyl groups is 1. The highest BCUT2D eigenvalue weighted by Crippen LogP contribution is 2.19. The summed E-state index contributed by atoms with van der Waals surface area (Å²) >= 11 is 0. The first-order valence-corrected chi connectivity index (χ1v) is 22.8. The van der Waals surface area contributed by atoms with Crippen LogP contribution in [0.5, 0.6) is 0 Å². The van der Waals surface area contributed by atoms with E-state index >= 15 is 0 Å². The van der Waals surface area contributed by atoms with Crippen LogP contribution in [0.4, 0.5) is 0 Å². The first-order chi connectivity index (χ1) is 31.9. The molecular formula is C57H73N3O7. The highest BCUT2D eigenvalue weighted by Gasteiger charge is 2.28. The zero-order valence-electron chi connectivity index (χ0n) is 41.4. The Balaban J connectivity index is 0.000000409. The average molecular weight is 912 g/mol. The summed E-state index contributed by atoms with van der Waals surface area (Å²) in [4.78, 5) is 68.8. The Labute approximate surface area is 399 Å². The van der Waals surface area contributed by atoms with Crippen molar-refractivity contribution in [3.05, 3.63) is 162 Å². The molecule has 358 valence electrons. The van der Waals surface area contributed by atoms with Crippen molar-refractivity contribution in [3.8, 4) is 0 Å². The van der Waals surface area contributed by atoms with Crippen LogP contribution in [-0.4, -0.2) is 77.1 Å². The Morgan fingerprint density at radius 1 is 0.567 bits per heavy atom. The van der Waals surface area contributed by atoms with Crippen LogP contribution in [-0.2, 0) is 54.5 Å². The smallest absolute Gasteiger partial charge is 0.149 e. The third-order valence-corrected chi connectivity index (χ3v) is 10.7. The average Bonchev–Trinajstić information content (AvgIpc) is 3.30. The van der Waals surface area contributed by atoms with Crippen molar-refractivity contribution in [2.24, 2.45) is 0 Å². The molecule has 6 aromatic rings. The van der Waals surface area contributed by atoms with Gasteiger partial charge in [-0.25, -0.2) is 0 Å². The largest absolute Gasteiger partial charge is 0.396 e. The van der Waals surface area contributed by atoms with Gasteiger partial charge in [0.25, 0.3) is 0 Å². The summed E-state index contributed by atoms with van der Waals surface area (Å²) < 4.78 is 0. The second-order valence-electron chi connectivity index (χ2n) is 16.2. The highest BCUT2D eigenvalue weighted by molar-refractivity contribution is 5.90. The van der Waals surface area contributed by atoms with Gasteiger partial charge in [0, 0.05) is 50.6 Å². The molecule has 0 bridgehead atoms. The van der Waals surface area contributed by atoms with Crippen LogP contribution >= 0.6 is 0 Å². The third-order valence-electron chi connectivity index (χ3n) is 10.7. The third kappa shape index (κ3) is 24.1. The fourth-order valence-electron chi connectivity index (χ4n) is 6.85. The number of rotatable bonds is 16. The lowest BCUT2D eigenvalue weighted by Gasteiger charge is -2.27. The van der Waals surface area contributed by atoms with Gasteiger partial charge in [-0.05, 0) is 119 Å². The van der Waals surface area contributed by atoms with E-state index in [1.165, 1.54) is 28.5 Å². The van der Waals surface area contributed by atoms with Crippen molar-refractivity contribution in [2.45, 2.75) is 112 Å². The Morgan fingerprint density at radius 2 is 1.10 bits per heavy atom. The lowest BCUT2D eigenvalue weighted by molar-refractivity contribution is -0.123. The van der Waals surface area contributed by atoms with Gasteiger partial charge in [0.1, 0.15) is 34.7 Å². The molecule has 6 rings (SSSR count). The number of carbonyl (C=O) groups is 6. The number of carbonyl (C=O) groups excluding carboxylic acids is 6. The number of hydrogen-bond donors (Lipinski definition) is 3. The zero-order chi connectivity index (χ0) is 50.2. The molecule has 67 heavy (non-hydrogen) atoms. The number of nitrogens with zero attached hydrogens (tertiary/aromatic N) is 1. The van der Waals surface area contributed by atoms with Crippen LogP contribution in [0.15, 0.2) is 140 Å². The van der Waals surface area contributed by atoms with Crippen LogP contribution in [0.1, 0.15) is 97.0 Å². The molecular weight excluding hydrogens is 839 g/mol. The van der Waals surface area contributed by atoms with Crippen molar-refractivity contribution in [1.82, 2.24) is 15.6 Å². The lowest BCUT2D eigenvalue weighted by atomic mass is 9.89. The molecule has 0 aliphatic heterocycles. The quantitative estimate of drug-likeness (QED) is 0.0853. The molecule has 0 spiro atoms. The first kappa shape index (κ1) is 58.7. The predicted molar refractivity (Wildman–Crippen MR) is 274 cm³/mol. The van der Waals surface area contributed by atoms with E-state index < -0.39 is 0 Å². The van der Waals surface area contributed by atoms with E-state index in [4.69, 9.17) is 5.11 Å². The van der Waals surface area contributed by atoms with Gasteiger partial charge < -0.3 is 15.7 Å². The summed E-state index contributed by atoms with van der Waals surface area (Å²) in [6.07, 6.45) is 6.05. The fraction of sp³-hybridized carbons (Fsp3) is 0.351. The van der Waals surface area contributed by atoms with E-state index in [-0.39, 0.29) is 52.9 Å². The summed E-state index contributed by atoms with van der Waals surface area (Å²) in [6.45, 7) is 13.6. The number of aliphatic hydroxyl groups excluding tert-OH is 1. The molecule has 0 saturated carbocycles. The Hall–Kier alpha value is -6.33. The molecule has 3 N–H and O–H groups in total. The molecule has 0 unspecified atom stereocenters. The van der Waals surface area contributed by atoms with Gasteiger partial charge in [-0.1, -0.05) is 135 Å². The Kier molecular flexibility index (Phi) is 29.1. The molecule has 0 saturated heterocycles. The first-order valence-electron chi connectivity index (χ1n) is 22.8. The van der Waals surface area contributed by atoms with Gasteiger partial charge in [0.05, 0.1) is 11.6 Å². The van der Waals surface area contributed by atoms with Crippen LogP contribution in [0.25, 0.3) is 21.5 Å². The minimum absolute atomic E-state index is 0.0185. The molecule has 1 aromatic heterocycles. The normalized spacial score (nSPS) is 10.6. The summed E-state index contributed by atoms with van der Waals surface area (Å²) in [5.41, 5.74) is 3.99. The van der Waals surface area contributed by atoms with Crippen LogP contribution in [0, 0.1) is 0 Å². The molecule has 0 amide bonds. The van der Waals surface area contributed by atoms with Crippen molar-refractivity contribution in [3.63, 3.8) is 0 Å². The maximum absolute atomic E-state index is 11.1. The monoisotopic (exact) mass is 912 g/mol. The zero-order valence-corrected chi connectivity index (χ0v) is 41.4. The van der Waals surface area contributed by atoms with Gasteiger partial charge in [-0.2, -0.15) is 0 Å². The number of nitrogens with one attached hydrogen (secondary N) is 2. The van der Waals surface area contributed by atoms with E-state index in [2.05, 4.69) is 58.1 Å². The van der Waals surface area contributed by atoms with E-state index in [0.29, 0.717) is 32.1 Å². The number of aromatic nitrogens is 1. The molecule has 0 radical (unpaired) electrons. The topological polar surface area (TPSA) is 160 Å². The van der Waals surface area contributed by atoms with E-state index in [1.54, 1.807) is 47.9 Å². The summed E-state index contributed by atoms with van der Waals surface area (Å²) in [6, 6.07) is 43.9. The maximum Gasteiger partial charge on any atom is 0.149 e. The summed E-state index contributed by atoms with van der Waals surface area (Å²) in [5.74, 6) is 1.05. The van der Waals surface area contributed by atoms with Crippen molar-refractivity contribution < 1.29 is 33.9 Å². The van der Waals surface area contributed by atoms with Gasteiger partial charge in [-0.15, -0.1) is 0 Å². The minimum Gasteiger partial charge on any atom is -0.396 e. The van der Waals surface area contributed by atoms with Crippen LogP contribution < -0.4 is 10.6 Å². The predicted octanol–water partition coefficient (Wildman–Crippen LogP) is 9.87. The number of pyridine rings is 1.